The largest absolute Gasteiger partial charge is 0.483 e. The van der Waals surface area contributed by atoms with Gasteiger partial charge in [0.15, 0.2) is 6.61 Å². The number of halogens is 3. The number of anilines is 1. The Hall–Kier alpha value is -3.87. The molecule has 0 atom stereocenters. The van der Waals surface area contributed by atoms with Crippen LogP contribution in [0.4, 0.5) is 23.7 Å². The molecule has 0 aliphatic rings. The van der Waals surface area contributed by atoms with Gasteiger partial charge in [-0.1, -0.05) is 6.07 Å². The molecule has 0 bridgehead atoms. The zero-order chi connectivity index (χ0) is 24.9. The third-order valence-electron chi connectivity index (χ3n) is 4.34. The number of carbonyl (C=O) groups excluding carboxylic acids is 2. The Bertz CT molecular complexity index is 1310. The Balaban J connectivity index is 1.66. The first-order chi connectivity index (χ1) is 16.0. The standard InChI is InChI=1S/C21H18F3N3O6S/c1-2-32-20(29)27-34(30,31)14-8-6-13(7-9-14)26-18(28)12-33-17-10-11-25-19-15(17)4-3-5-16(19)21(22,23)24/h3-11H,2,12H2,1H3,(H,26,28)(H,27,29). The van der Waals surface area contributed by atoms with Gasteiger partial charge >= 0.3 is 12.3 Å². The molecule has 3 aromatic rings. The van der Waals surface area contributed by atoms with E-state index in [0.717, 1.165) is 24.4 Å². The van der Waals surface area contributed by atoms with E-state index in [1.54, 1.807) is 4.72 Å². The van der Waals surface area contributed by atoms with Crippen molar-refractivity contribution in [1.29, 1.82) is 0 Å². The van der Waals surface area contributed by atoms with Crippen molar-refractivity contribution in [3.05, 3.63) is 60.3 Å². The minimum atomic E-state index is -4.60. The molecule has 0 spiro atoms. The number of pyridine rings is 1. The van der Waals surface area contributed by atoms with Crippen LogP contribution in [0, 0.1) is 0 Å². The molecule has 2 aromatic carbocycles. The van der Waals surface area contributed by atoms with Crippen LogP contribution in [0.15, 0.2) is 59.6 Å². The first-order valence-corrected chi connectivity index (χ1v) is 11.2. The van der Waals surface area contributed by atoms with E-state index >= 15 is 0 Å². The molecule has 0 fully saturated rings. The average molecular weight is 497 g/mol. The highest BCUT2D eigenvalue weighted by Crippen LogP contribution is 2.36. The second kappa shape index (κ2) is 9.95. The summed E-state index contributed by atoms with van der Waals surface area (Å²) < 4.78 is 75.4. The summed E-state index contributed by atoms with van der Waals surface area (Å²) in [6, 6.07) is 9.74. The van der Waals surface area contributed by atoms with Gasteiger partial charge in [0.25, 0.3) is 15.9 Å². The summed E-state index contributed by atoms with van der Waals surface area (Å²) >= 11 is 0. The molecule has 0 aliphatic heterocycles. The van der Waals surface area contributed by atoms with E-state index in [2.05, 4.69) is 15.0 Å². The van der Waals surface area contributed by atoms with Gasteiger partial charge in [0.05, 0.1) is 22.6 Å². The van der Waals surface area contributed by atoms with Crippen LogP contribution >= 0.6 is 0 Å². The van der Waals surface area contributed by atoms with Gasteiger partial charge in [-0.25, -0.2) is 17.9 Å². The smallest absolute Gasteiger partial charge is 0.421 e. The Kier molecular flexibility index (Phi) is 7.25. The lowest BCUT2D eigenvalue weighted by molar-refractivity contribution is -0.136. The summed E-state index contributed by atoms with van der Waals surface area (Å²) in [6.45, 7) is 0.983. The van der Waals surface area contributed by atoms with Gasteiger partial charge in [0.1, 0.15) is 5.75 Å². The quantitative estimate of drug-likeness (QED) is 0.510. The van der Waals surface area contributed by atoms with Gasteiger partial charge in [-0.05, 0) is 49.4 Å². The van der Waals surface area contributed by atoms with Gasteiger partial charge in [-0.3, -0.25) is 9.78 Å². The molecule has 2 N–H and O–H groups in total. The number of ether oxygens (including phenoxy) is 2. The molecule has 0 aliphatic carbocycles. The molecule has 2 amide bonds. The SMILES string of the molecule is CCOC(=O)NS(=O)(=O)c1ccc(NC(=O)COc2ccnc3c(C(F)(F)F)cccc23)cc1. The number of amides is 2. The molecule has 1 aromatic heterocycles. The van der Waals surface area contributed by atoms with Crippen LogP contribution in [-0.2, 0) is 25.7 Å². The van der Waals surface area contributed by atoms with Crippen LogP contribution in [-0.4, -0.2) is 38.6 Å². The maximum absolute atomic E-state index is 13.2. The first-order valence-electron chi connectivity index (χ1n) is 9.68. The van der Waals surface area contributed by atoms with E-state index < -0.39 is 40.4 Å². The number of hydrogen-bond donors (Lipinski definition) is 2. The number of aromatic nitrogens is 1. The number of nitrogens with zero attached hydrogens (tertiary/aromatic N) is 1. The Morgan fingerprint density at radius 2 is 1.76 bits per heavy atom. The highest BCUT2D eigenvalue weighted by molar-refractivity contribution is 7.90. The number of rotatable bonds is 7. The van der Waals surface area contributed by atoms with Crippen LogP contribution in [0.2, 0.25) is 0 Å². The lowest BCUT2D eigenvalue weighted by Crippen LogP contribution is -2.31. The van der Waals surface area contributed by atoms with Crippen molar-refractivity contribution in [2.75, 3.05) is 18.5 Å². The maximum atomic E-state index is 13.2. The highest BCUT2D eigenvalue weighted by atomic mass is 32.2. The summed E-state index contributed by atoms with van der Waals surface area (Å²) in [7, 11) is -4.16. The van der Waals surface area contributed by atoms with Gasteiger partial charge in [-0.15, -0.1) is 0 Å². The van der Waals surface area contributed by atoms with Crippen LogP contribution in [0.25, 0.3) is 10.9 Å². The van der Waals surface area contributed by atoms with E-state index in [4.69, 9.17) is 4.74 Å². The number of carbonyl (C=O) groups is 2. The normalized spacial score (nSPS) is 11.6. The molecule has 180 valence electrons. The van der Waals surface area contributed by atoms with Gasteiger partial charge < -0.3 is 14.8 Å². The summed E-state index contributed by atoms with van der Waals surface area (Å²) in [5.74, 6) is -0.602. The van der Waals surface area contributed by atoms with Crippen LogP contribution in [0.1, 0.15) is 12.5 Å². The number of benzene rings is 2. The van der Waals surface area contributed by atoms with Crippen molar-refractivity contribution in [2.24, 2.45) is 0 Å². The first kappa shape index (κ1) is 24.8. The number of hydrogen-bond acceptors (Lipinski definition) is 7. The number of fused-ring (bicyclic) bond motifs is 1. The molecule has 34 heavy (non-hydrogen) atoms. The summed E-state index contributed by atoms with van der Waals surface area (Å²) in [5, 5.41) is 2.56. The topological polar surface area (TPSA) is 124 Å². The molecule has 0 unspecified atom stereocenters. The third kappa shape index (κ3) is 5.92. The minimum absolute atomic E-state index is 0.00677. The fourth-order valence-electron chi connectivity index (χ4n) is 2.89. The lowest BCUT2D eigenvalue weighted by Gasteiger charge is -2.13. The molecular formula is C21H18F3N3O6S. The van der Waals surface area contributed by atoms with Crippen LogP contribution in [0.5, 0.6) is 5.75 Å². The predicted molar refractivity (Wildman–Crippen MR) is 115 cm³/mol. The fourth-order valence-corrected chi connectivity index (χ4v) is 3.78. The second-order valence-electron chi connectivity index (χ2n) is 6.70. The van der Waals surface area contributed by atoms with E-state index in [0.29, 0.717) is 0 Å². The molecule has 13 heteroatoms. The number of para-hydroxylation sites is 1. The summed E-state index contributed by atoms with van der Waals surface area (Å²) in [4.78, 5) is 27.1. The van der Waals surface area contributed by atoms with Crippen LogP contribution < -0.4 is 14.8 Å². The van der Waals surface area contributed by atoms with E-state index in [1.807, 2.05) is 0 Å². The van der Waals surface area contributed by atoms with E-state index in [9.17, 15) is 31.2 Å². The Labute approximate surface area is 191 Å². The minimum Gasteiger partial charge on any atom is -0.483 e. The lowest BCUT2D eigenvalue weighted by atomic mass is 10.1. The molecular weight excluding hydrogens is 479 g/mol. The molecule has 3 rings (SSSR count). The van der Waals surface area contributed by atoms with Crippen molar-refractivity contribution >= 4 is 38.6 Å². The average Bonchev–Trinajstić information content (AvgIpc) is 2.76. The third-order valence-corrected chi connectivity index (χ3v) is 5.66. The highest BCUT2D eigenvalue weighted by Gasteiger charge is 2.33. The van der Waals surface area contributed by atoms with Gasteiger partial charge in [0.2, 0.25) is 0 Å². The van der Waals surface area contributed by atoms with Crippen molar-refractivity contribution in [1.82, 2.24) is 9.71 Å². The second-order valence-corrected chi connectivity index (χ2v) is 8.38. The van der Waals surface area contributed by atoms with Gasteiger partial charge in [-0.2, -0.15) is 13.2 Å². The zero-order valence-corrected chi connectivity index (χ0v) is 18.4. The van der Waals surface area contributed by atoms with E-state index in [-0.39, 0.29) is 33.8 Å². The Morgan fingerprint density at radius 3 is 2.41 bits per heavy atom. The molecule has 0 saturated heterocycles. The van der Waals surface area contributed by atoms with Gasteiger partial charge in [0, 0.05) is 17.3 Å². The monoisotopic (exact) mass is 497 g/mol. The maximum Gasteiger partial charge on any atom is 0.421 e. The fraction of sp³-hybridized carbons (Fsp3) is 0.190. The number of nitrogens with one attached hydrogen (secondary N) is 2. The summed E-state index contributed by atoms with van der Waals surface area (Å²) in [6.07, 6.45) is -4.58. The Morgan fingerprint density at radius 1 is 1.06 bits per heavy atom. The zero-order valence-electron chi connectivity index (χ0n) is 17.5. The van der Waals surface area contributed by atoms with Crippen LogP contribution in [0.3, 0.4) is 0 Å². The predicted octanol–water partition coefficient (Wildman–Crippen LogP) is 3.71. The van der Waals surface area contributed by atoms with Crippen molar-refractivity contribution in [2.45, 2.75) is 18.0 Å². The van der Waals surface area contributed by atoms with Crippen molar-refractivity contribution in [3.8, 4) is 5.75 Å². The molecule has 0 radical (unpaired) electrons. The summed E-state index contributed by atoms with van der Waals surface area (Å²) in [5.41, 5.74) is -1.00. The number of sulfonamides is 1. The molecule has 1 heterocycles. The molecule has 0 saturated carbocycles. The molecule has 9 nitrogen and oxygen atoms in total. The van der Waals surface area contributed by atoms with E-state index in [1.165, 1.54) is 37.3 Å². The number of alkyl halides is 3. The van der Waals surface area contributed by atoms with Crippen molar-refractivity contribution < 1.29 is 40.7 Å². The van der Waals surface area contributed by atoms with Crippen molar-refractivity contribution in [3.63, 3.8) is 0 Å².